The standard InChI is InChI=1S/C35H44N4O4/c1-7-23-11-9-12-24(8-2)31(23)38-34(42)39-20-10-13-28(22-39)36-30-21-27(18-19-29(30)33(41)43-6)37-32(40)25-14-16-26(17-15-25)35(3,4)5/h9,11-12,14-19,21,28,36H,7-8,10,13,20,22H2,1-6H3,(H,37,40)(H,38,42). The van der Waals surface area contributed by atoms with Crippen LogP contribution < -0.4 is 16.0 Å². The summed E-state index contributed by atoms with van der Waals surface area (Å²) >= 11 is 0. The van der Waals surface area contributed by atoms with E-state index in [1.165, 1.54) is 7.11 Å². The van der Waals surface area contributed by atoms with Gasteiger partial charge in [-0.05, 0) is 78.1 Å². The summed E-state index contributed by atoms with van der Waals surface area (Å²) in [6.45, 7) is 11.7. The number of para-hydroxylation sites is 1. The van der Waals surface area contributed by atoms with Crippen LogP contribution in [0.1, 0.15) is 84.9 Å². The Kier molecular flexibility index (Phi) is 10.1. The summed E-state index contributed by atoms with van der Waals surface area (Å²) < 4.78 is 5.02. The fraction of sp³-hybridized carbons (Fsp3) is 0.400. The molecule has 228 valence electrons. The van der Waals surface area contributed by atoms with Gasteiger partial charge < -0.3 is 25.6 Å². The zero-order valence-electron chi connectivity index (χ0n) is 26.2. The highest BCUT2D eigenvalue weighted by molar-refractivity contribution is 6.05. The molecule has 1 atom stereocenters. The van der Waals surface area contributed by atoms with Crippen LogP contribution in [-0.4, -0.2) is 49.0 Å². The van der Waals surface area contributed by atoms with Crippen LogP contribution >= 0.6 is 0 Å². The molecule has 0 radical (unpaired) electrons. The quantitative estimate of drug-likeness (QED) is 0.242. The zero-order valence-corrected chi connectivity index (χ0v) is 26.2. The second kappa shape index (κ2) is 13.8. The van der Waals surface area contributed by atoms with Crippen molar-refractivity contribution in [2.24, 2.45) is 0 Å². The fourth-order valence-electron chi connectivity index (χ4n) is 5.44. The van der Waals surface area contributed by atoms with Gasteiger partial charge in [0, 0.05) is 36.1 Å². The van der Waals surface area contributed by atoms with Crippen molar-refractivity contribution < 1.29 is 19.1 Å². The number of rotatable bonds is 8. The summed E-state index contributed by atoms with van der Waals surface area (Å²) in [5, 5.41) is 9.58. The lowest BCUT2D eigenvalue weighted by Gasteiger charge is -2.34. The molecule has 3 aromatic carbocycles. The average molecular weight is 585 g/mol. The number of ether oxygens (including phenoxy) is 1. The van der Waals surface area contributed by atoms with Crippen LogP contribution in [0.2, 0.25) is 0 Å². The summed E-state index contributed by atoms with van der Waals surface area (Å²) in [5.74, 6) is -0.719. The first-order valence-electron chi connectivity index (χ1n) is 15.1. The number of esters is 1. The lowest BCUT2D eigenvalue weighted by Crippen LogP contribution is -2.47. The lowest BCUT2D eigenvalue weighted by atomic mass is 9.87. The predicted octanol–water partition coefficient (Wildman–Crippen LogP) is 7.26. The molecule has 8 heteroatoms. The fourth-order valence-corrected chi connectivity index (χ4v) is 5.44. The maximum Gasteiger partial charge on any atom is 0.339 e. The van der Waals surface area contributed by atoms with Gasteiger partial charge in [-0.3, -0.25) is 4.79 Å². The molecular formula is C35H44N4O4. The molecule has 4 rings (SSSR count). The van der Waals surface area contributed by atoms with Gasteiger partial charge in [0.15, 0.2) is 0 Å². The zero-order chi connectivity index (χ0) is 31.1. The minimum Gasteiger partial charge on any atom is -0.465 e. The number of likely N-dealkylation sites (tertiary alicyclic amines) is 1. The molecule has 1 aliphatic rings. The number of urea groups is 1. The third-order valence-corrected chi connectivity index (χ3v) is 7.99. The van der Waals surface area contributed by atoms with Crippen molar-refractivity contribution in [1.29, 1.82) is 0 Å². The number of nitrogens with zero attached hydrogens (tertiary/aromatic N) is 1. The summed E-state index contributed by atoms with van der Waals surface area (Å²) in [7, 11) is 1.34. The summed E-state index contributed by atoms with van der Waals surface area (Å²) in [6.07, 6.45) is 3.31. The Bertz CT molecular complexity index is 1440. The molecule has 0 saturated carbocycles. The number of aryl methyl sites for hydroxylation is 2. The van der Waals surface area contributed by atoms with Gasteiger partial charge >= 0.3 is 12.0 Å². The maximum absolute atomic E-state index is 13.4. The molecule has 1 saturated heterocycles. The average Bonchev–Trinajstić information content (AvgIpc) is 3.00. The van der Waals surface area contributed by atoms with Crippen LogP contribution in [0.25, 0.3) is 0 Å². The molecule has 1 fully saturated rings. The van der Waals surface area contributed by atoms with Crippen molar-refractivity contribution in [3.8, 4) is 0 Å². The molecule has 3 amide bonds. The third kappa shape index (κ3) is 7.74. The molecule has 3 N–H and O–H groups in total. The minimum absolute atomic E-state index is 0.00683. The third-order valence-electron chi connectivity index (χ3n) is 7.99. The number of hydrogen-bond acceptors (Lipinski definition) is 5. The molecule has 1 aliphatic heterocycles. The van der Waals surface area contributed by atoms with Crippen LogP contribution in [0.4, 0.5) is 21.9 Å². The largest absolute Gasteiger partial charge is 0.465 e. The number of hydrogen-bond donors (Lipinski definition) is 3. The molecular weight excluding hydrogens is 540 g/mol. The second-order valence-corrected chi connectivity index (χ2v) is 12.1. The van der Waals surface area contributed by atoms with Crippen molar-refractivity contribution >= 4 is 35.0 Å². The summed E-state index contributed by atoms with van der Waals surface area (Å²) in [6, 6.07) is 18.6. The van der Waals surface area contributed by atoms with Crippen LogP contribution in [0.3, 0.4) is 0 Å². The van der Waals surface area contributed by atoms with Crippen molar-refractivity contribution in [3.05, 3.63) is 88.5 Å². The maximum atomic E-state index is 13.4. The number of nitrogens with one attached hydrogen (secondary N) is 3. The van der Waals surface area contributed by atoms with E-state index in [0.717, 1.165) is 48.1 Å². The Morgan fingerprint density at radius 3 is 2.21 bits per heavy atom. The van der Waals surface area contributed by atoms with E-state index >= 15 is 0 Å². The lowest BCUT2D eigenvalue weighted by molar-refractivity contribution is 0.0601. The van der Waals surface area contributed by atoms with Gasteiger partial charge in [-0.1, -0.05) is 65.0 Å². The van der Waals surface area contributed by atoms with E-state index in [1.54, 1.807) is 18.2 Å². The second-order valence-electron chi connectivity index (χ2n) is 12.1. The van der Waals surface area contributed by atoms with Gasteiger partial charge in [0.1, 0.15) is 0 Å². The van der Waals surface area contributed by atoms with Gasteiger partial charge in [0.2, 0.25) is 0 Å². The van der Waals surface area contributed by atoms with Crippen LogP contribution in [0.5, 0.6) is 0 Å². The van der Waals surface area contributed by atoms with Crippen LogP contribution in [0.15, 0.2) is 60.7 Å². The minimum atomic E-state index is -0.480. The first-order chi connectivity index (χ1) is 20.5. The van der Waals surface area contributed by atoms with Gasteiger partial charge in [-0.15, -0.1) is 0 Å². The Labute approximate surface area is 255 Å². The van der Waals surface area contributed by atoms with Crippen LogP contribution in [0, 0.1) is 0 Å². The predicted molar refractivity (Wildman–Crippen MR) is 173 cm³/mol. The molecule has 3 aromatic rings. The molecule has 0 bridgehead atoms. The Morgan fingerprint density at radius 2 is 1.60 bits per heavy atom. The highest BCUT2D eigenvalue weighted by atomic mass is 16.5. The van der Waals surface area contributed by atoms with Crippen molar-refractivity contribution in [2.75, 3.05) is 36.1 Å². The van der Waals surface area contributed by atoms with Gasteiger partial charge in [0.05, 0.1) is 18.4 Å². The van der Waals surface area contributed by atoms with Crippen molar-refractivity contribution in [3.63, 3.8) is 0 Å². The van der Waals surface area contributed by atoms with E-state index in [2.05, 4.69) is 62.7 Å². The first kappa shape index (κ1) is 31.6. The molecule has 43 heavy (non-hydrogen) atoms. The van der Waals surface area contributed by atoms with Gasteiger partial charge in [-0.2, -0.15) is 0 Å². The van der Waals surface area contributed by atoms with Crippen molar-refractivity contribution in [1.82, 2.24) is 4.90 Å². The van der Waals surface area contributed by atoms with E-state index in [9.17, 15) is 14.4 Å². The SMILES string of the molecule is CCc1cccc(CC)c1NC(=O)N1CCCC(Nc2cc(NC(=O)c3ccc(C(C)(C)C)cc3)ccc2C(=O)OC)C1. The normalized spacial score (nSPS) is 15.0. The molecule has 0 aliphatic carbocycles. The molecule has 0 aromatic heterocycles. The highest BCUT2D eigenvalue weighted by Gasteiger charge is 2.26. The monoisotopic (exact) mass is 584 g/mol. The first-order valence-corrected chi connectivity index (χ1v) is 15.1. The summed E-state index contributed by atoms with van der Waals surface area (Å²) in [5.41, 5.74) is 6.28. The van der Waals surface area contributed by atoms with E-state index < -0.39 is 5.97 Å². The molecule has 8 nitrogen and oxygen atoms in total. The Hall–Kier alpha value is -4.33. The number of amides is 3. The van der Waals surface area contributed by atoms with E-state index in [4.69, 9.17) is 4.74 Å². The number of benzene rings is 3. The number of piperidine rings is 1. The molecule has 1 unspecified atom stereocenters. The Balaban J connectivity index is 1.49. The van der Waals surface area contributed by atoms with Gasteiger partial charge in [0.25, 0.3) is 5.91 Å². The topological polar surface area (TPSA) is 99.8 Å². The van der Waals surface area contributed by atoms with E-state index in [1.807, 2.05) is 35.2 Å². The van der Waals surface area contributed by atoms with Crippen molar-refractivity contribution in [2.45, 2.75) is 71.8 Å². The Morgan fingerprint density at radius 1 is 0.930 bits per heavy atom. The van der Waals surface area contributed by atoms with Crippen LogP contribution in [-0.2, 0) is 23.0 Å². The number of anilines is 3. The number of carbonyl (C=O) groups excluding carboxylic acids is 3. The smallest absolute Gasteiger partial charge is 0.339 e. The number of methoxy groups -OCH3 is 1. The van der Waals surface area contributed by atoms with E-state index in [-0.39, 0.29) is 23.4 Å². The van der Waals surface area contributed by atoms with E-state index in [0.29, 0.717) is 35.6 Å². The summed E-state index contributed by atoms with van der Waals surface area (Å²) in [4.78, 5) is 40.8. The highest BCUT2D eigenvalue weighted by Crippen LogP contribution is 2.28. The molecule has 0 spiro atoms. The number of carbonyl (C=O) groups is 3. The van der Waals surface area contributed by atoms with Gasteiger partial charge in [-0.25, -0.2) is 9.59 Å². The molecule has 1 heterocycles.